The number of hydrogen-bond acceptors (Lipinski definition) is 3. The van der Waals surface area contributed by atoms with Crippen LogP contribution in [0.5, 0.6) is 0 Å². The number of anilines is 1. The van der Waals surface area contributed by atoms with Crippen molar-refractivity contribution in [3.63, 3.8) is 0 Å². The number of hydrogen-bond donors (Lipinski definition) is 1. The summed E-state index contributed by atoms with van der Waals surface area (Å²) < 4.78 is 27.5. The number of rotatable bonds is 4. The second kappa shape index (κ2) is 6.90. The van der Waals surface area contributed by atoms with Gasteiger partial charge in [-0.1, -0.05) is 35.9 Å². The molecule has 0 fully saturated rings. The predicted octanol–water partition coefficient (Wildman–Crippen LogP) is 4.23. The van der Waals surface area contributed by atoms with Gasteiger partial charge >= 0.3 is 0 Å². The molecule has 0 saturated heterocycles. The molecule has 0 saturated carbocycles. The molecule has 0 unspecified atom stereocenters. The minimum Gasteiger partial charge on any atom is -0.279 e. The minimum absolute atomic E-state index is 0.314. The highest BCUT2D eigenvalue weighted by Gasteiger charge is 2.18. The topological polar surface area (TPSA) is 70.0 Å². The maximum absolute atomic E-state index is 12.5. The Morgan fingerprint density at radius 2 is 1.71 bits per heavy atom. The van der Waals surface area contributed by atoms with Gasteiger partial charge in [0, 0.05) is 0 Å². The minimum atomic E-state index is -3.93. The molecule has 5 heteroatoms. The van der Waals surface area contributed by atoms with Crippen LogP contribution >= 0.6 is 0 Å². The molecule has 2 rings (SSSR count). The highest BCUT2D eigenvalue weighted by atomic mass is 32.2. The Bertz CT molecular complexity index is 952. The summed E-state index contributed by atoms with van der Waals surface area (Å²) in [5.41, 5.74) is 5.16. The molecule has 0 bridgehead atoms. The Morgan fingerprint density at radius 1 is 1.00 bits per heavy atom. The average Bonchev–Trinajstić information content (AvgIpc) is 2.51. The third-order valence-corrected chi connectivity index (χ3v) is 5.13. The SMILES string of the molecule is Cc1ccc(NS(=O)(=O)/C(C#N)=C\c2ccc(C)c(C)c2)c(C)c1. The van der Waals surface area contributed by atoms with Gasteiger partial charge in [0.15, 0.2) is 4.91 Å². The number of sulfonamides is 1. The van der Waals surface area contributed by atoms with Gasteiger partial charge in [0.2, 0.25) is 0 Å². The fourth-order valence-electron chi connectivity index (χ4n) is 2.30. The van der Waals surface area contributed by atoms with E-state index in [0.29, 0.717) is 11.3 Å². The van der Waals surface area contributed by atoms with Gasteiger partial charge in [0.25, 0.3) is 10.0 Å². The fraction of sp³-hybridized carbons (Fsp3) is 0.211. The number of aryl methyl sites for hydroxylation is 4. The molecule has 0 atom stereocenters. The summed E-state index contributed by atoms with van der Waals surface area (Å²) >= 11 is 0. The van der Waals surface area contributed by atoms with E-state index in [1.165, 1.54) is 6.08 Å². The molecule has 24 heavy (non-hydrogen) atoms. The molecule has 0 aliphatic heterocycles. The van der Waals surface area contributed by atoms with Crippen LogP contribution in [0.15, 0.2) is 41.3 Å². The summed E-state index contributed by atoms with van der Waals surface area (Å²) in [7, 11) is -3.93. The van der Waals surface area contributed by atoms with Crippen molar-refractivity contribution in [3.05, 3.63) is 69.1 Å². The first kappa shape index (κ1) is 17.8. The van der Waals surface area contributed by atoms with Crippen molar-refractivity contribution in [2.45, 2.75) is 27.7 Å². The van der Waals surface area contributed by atoms with Crippen LogP contribution in [-0.2, 0) is 10.0 Å². The van der Waals surface area contributed by atoms with Crippen LogP contribution in [0, 0.1) is 39.0 Å². The molecule has 1 N–H and O–H groups in total. The predicted molar refractivity (Wildman–Crippen MR) is 98.0 cm³/mol. The highest BCUT2D eigenvalue weighted by molar-refractivity contribution is 7.97. The van der Waals surface area contributed by atoms with Crippen molar-refractivity contribution < 1.29 is 8.42 Å². The summed E-state index contributed by atoms with van der Waals surface area (Å²) in [5, 5.41) is 9.30. The Morgan fingerprint density at radius 3 is 2.29 bits per heavy atom. The normalized spacial score (nSPS) is 11.9. The summed E-state index contributed by atoms with van der Waals surface area (Å²) in [4.78, 5) is -0.314. The van der Waals surface area contributed by atoms with Crippen molar-refractivity contribution in [2.75, 3.05) is 4.72 Å². The van der Waals surface area contributed by atoms with Gasteiger partial charge in [-0.05, 0) is 62.1 Å². The van der Waals surface area contributed by atoms with Crippen LogP contribution < -0.4 is 4.72 Å². The first-order valence-corrected chi connectivity index (χ1v) is 9.00. The largest absolute Gasteiger partial charge is 0.279 e. The molecule has 0 aliphatic carbocycles. The van der Waals surface area contributed by atoms with Crippen LogP contribution in [0.3, 0.4) is 0 Å². The maximum atomic E-state index is 12.5. The monoisotopic (exact) mass is 340 g/mol. The van der Waals surface area contributed by atoms with Gasteiger partial charge in [-0.2, -0.15) is 5.26 Å². The van der Waals surface area contributed by atoms with E-state index in [4.69, 9.17) is 0 Å². The van der Waals surface area contributed by atoms with Gasteiger partial charge in [-0.15, -0.1) is 0 Å². The summed E-state index contributed by atoms with van der Waals surface area (Å²) in [6.45, 7) is 7.68. The molecule has 0 aromatic heterocycles. The molecular weight excluding hydrogens is 320 g/mol. The zero-order valence-corrected chi connectivity index (χ0v) is 15.0. The second-order valence-electron chi connectivity index (χ2n) is 5.89. The molecule has 0 amide bonds. The van der Waals surface area contributed by atoms with Gasteiger partial charge in [0.1, 0.15) is 6.07 Å². The first-order valence-electron chi connectivity index (χ1n) is 7.52. The van der Waals surface area contributed by atoms with Crippen molar-refractivity contribution in [2.24, 2.45) is 0 Å². The Balaban J connectivity index is 2.39. The number of benzene rings is 2. The lowest BCUT2D eigenvalue weighted by Crippen LogP contribution is -2.15. The van der Waals surface area contributed by atoms with E-state index in [2.05, 4.69) is 4.72 Å². The van der Waals surface area contributed by atoms with Crippen molar-refractivity contribution in [3.8, 4) is 6.07 Å². The van der Waals surface area contributed by atoms with Crippen molar-refractivity contribution >= 4 is 21.8 Å². The van der Waals surface area contributed by atoms with Gasteiger partial charge < -0.3 is 0 Å². The van der Waals surface area contributed by atoms with E-state index in [1.54, 1.807) is 18.2 Å². The van der Waals surface area contributed by atoms with Crippen molar-refractivity contribution in [1.82, 2.24) is 0 Å². The van der Waals surface area contributed by atoms with E-state index in [1.807, 2.05) is 52.0 Å². The van der Waals surface area contributed by atoms with Crippen molar-refractivity contribution in [1.29, 1.82) is 5.26 Å². The van der Waals surface area contributed by atoms with Gasteiger partial charge in [-0.3, -0.25) is 4.72 Å². The molecule has 0 aliphatic rings. The lowest BCUT2D eigenvalue weighted by Gasteiger charge is -2.10. The lowest BCUT2D eigenvalue weighted by molar-refractivity contribution is 0.608. The van der Waals surface area contributed by atoms with Crippen LogP contribution in [0.2, 0.25) is 0 Å². The van der Waals surface area contributed by atoms with E-state index in [0.717, 1.165) is 22.3 Å². The first-order chi connectivity index (χ1) is 11.2. The molecule has 124 valence electrons. The summed E-state index contributed by atoms with van der Waals surface area (Å²) in [5.74, 6) is 0. The molecule has 0 radical (unpaired) electrons. The van der Waals surface area contributed by atoms with E-state index in [-0.39, 0.29) is 4.91 Å². The Labute approximate surface area is 143 Å². The third kappa shape index (κ3) is 4.03. The third-order valence-electron chi connectivity index (χ3n) is 3.85. The van der Waals surface area contributed by atoms with Crippen LogP contribution in [0.4, 0.5) is 5.69 Å². The Hall–Kier alpha value is -2.58. The van der Waals surface area contributed by atoms with Crippen LogP contribution in [0.25, 0.3) is 6.08 Å². The van der Waals surface area contributed by atoms with E-state index >= 15 is 0 Å². The highest BCUT2D eigenvalue weighted by Crippen LogP contribution is 2.21. The molecule has 2 aromatic rings. The maximum Gasteiger partial charge on any atom is 0.272 e. The number of nitriles is 1. The van der Waals surface area contributed by atoms with Crippen LogP contribution in [0.1, 0.15) is 27.8 Å². The number of nitrogens with zero attached hydrogens (tertiary/aromatic N) is 1. The van der Waals surface area contributed by atoms with Gasteiger partial charge in [0.05, 0.1) is 5.69 Å². The zero-order chi connectivity index (χ0) is 17.9. The summed E-state index contributed by atoms with van der Waals surface area (Å²) in [6, 6.07) is 12.8. The molecule has 4 nitrogen and oxygen atoms in total. The average molecular weight is 340 g/mol. The zero-order valence-electron chi connectivity index (χ0n) is 14.2. The standard InChI is InChI=1S/C19H20N2O2S/c1-13-5-8-19(16(4)9-13)21-24(22,23)18(12-20)11-17-7-6-14(2)15(3)10-17/h5-11,21H,1-4H3/b18-11-. The Kier molecular flexibility index (Phi) is 5.10. The smallest absolute Gasteiger partial charge is 0.272 e. The van der Waals surface area contributed by atoms with E-state index < -0.39 is 10.0 Å². The molecular formula is C19H20N2O2S. The lowest BCUT2D eigenvalue weighted by atomic mass is 10.1. The summed E-state index contributed by atoms with van der Waals surface area (Å²) in [6.07, 6.45) is 1.39. The molecule has 2 aromatic carbocycles. The quantitative estimate of drug-likeness (QED) is 0.847. The van der Waals surface area contributed by atoms with Gasteiger partial charge in [-0.25, -0.2) is 8.42 Å². The number of allylic oxidation sites excluding steroid dienone is 1. The molecule has 0 spiro atoms. The van der Waals surface area contributed by atoms with E-state index in [9.17, 15) is 13.7 Å². The fourth-order valence-corrected chi connectivity index (χ4v) is 3.34. The number of nitrogens with one attached hydrogen (secondary N) is 1. The second-order valence-corrected chi connectivity index (χ2v) is 7.54. The molecule has 0 heterocycles. The van der Waals surface area contributed by atoms with Crippen LogP contribution in [-0.4, -0.2) is 8.42 Å².